The molecule has 0 fully saturated rings. The number of nitrogens with zero attached hydrogens (tertiary/aromatic N) is 6. The van der Waals surface area contributed by atoms with E-state index in [2.05, 4.69) is 147 Å². The maximum Gasteiger partial charge on any atom is 0.235 e. The number of para-hydroxylation sites is 4. The Labute approximate surface area is 267 Å². The van der Waals surface area contributed by atoms with Gasteiger partial charge in [0.2, 0.25) is 5.95 Å². The fourth-order valence-electron chi connectivity index (χ4n) is 7.57. The molecule has 5 aromatic heterocycles. The predicted molar refractivity (Wildman–Crippen MR) is 192 cm³/mol. The van der Waals surface area contributed by atoms with Crippen LogP contribution in [0.25, 0.3) is 93.9 Å². The fraction of sp³-hybridized carbons (Fsp3) is 0. The summed E-state index contributed by atoms with van der Waals surface area (Å²) in [5.41, 5.74) is 11.3. The van der Waals surface area contributed by atoms with E-state index in [1.54, 1.807) is 0 Å². The molecular formula is C41H24N6. The third-order valence-electron chi connectivity index (χ3n) is 9.61. The summed E-state index contributed by atoms with van der Waals surface area (Å²) in [5, 5.41) is 5.68. The maximum atomic E-state index is 5.30. The number of benzene rings is 6. The van der Waals surface area contributed by atoms with Crippen LogP contribution >= 0.6 is 0 Å². The maximum absolute atomic E-state index is 5.30. The second kappa shape index (κ2) is 9.02. The van der Waals surface area contributed by atoms with E-state index in [1.165, 1.54) is 10.8 Å². The van der Waals surface area contributed by atoms with Crippen molar-refractivity contribution in [3.8, 4) is 17.2 Å². The lowest BCUT2D eigenvalue weighted by molar-refractivity contribution is 1.01. The lowest BCUT2D eigenvalue weighted by atomic mass is 10.1. The minimum absolute atomic E-state index is 0.649. The van der Waals surface area contributed by atoms with Crippen molar-refractivity contribution in [1.82, 2.24) is 28.3 Å². The zero-order chi connectivity index (χ0) is 30.6. The Morgan fingerprint density at radius 3 is 2.02 bits per heavy atom. The van der Waals surface area contributed by atoms with Crippen LogP contribution in [-0.2, 0) is 0 Å². The normalized spacial score (nSPS) is 12.3. The second-order valence-corrected chi connectivity index (χ2v) is 12.2. The monoisotopic (exact) mass is 600 g/mol. The van der Waals surface area contributed by atoms with Gasteiger partial charge in [-0.05, 0) is 36.4 Å². The van der Waals surface area contributed by atoms with Crippen LogP contribution in [0.4, 0.5) is 0 Å². The number of hydrogen-bond acceptors (Lipinski definition) is 3. The first-order valence-electron chi connectivity index (χ1n) is 15.8. The lowest BCUT2D eigenvalue weighted by Crippen LogP contribution is -2.04. The molecule has 0 aliphatic heterocycles. The largest absolute Gasteiger partial charge is 0.311 e. The van der Waals surface area contributed by atoms with Crippen molar-refractivity contribution < 1.29 is 0 Å². The number of rotatable bonds is 2. The molecule has 0 bridgehead atoms. The first-order valence-corrected chi connectivity index (χ1v) is 15.8. The Morgan fingerprint density at radius 2 is 1.15 bits per heavy atom. The molecule has 218 valence electrons. The first kappa shape index (κ1) is 24.8. The van der Waals surface area contributed by atoms with Gasteiger partial charge < -0.3 is 4.40 Å². The van der Waals surface area contributed by atoms with Gasteiger partial charge >= 0.3 is 0 Å². The summed E-state index contributed by atoms with van der Waals surface area (Å²) in [6, 6.07) is 48.9. The van der Waals surface area contributed by atoms with Crippen molar-refractivity contribution in [1.29, 1.82) is 0 Å². The summed E-state index contributed by atoms with van der Waals surface area (Å²) in [5.74, 6) is 0.649. The quantitative estimate of drug-likeness (QED) is 0.198. The van der Waals surface area contributed by atoms with E-state index in [0.29, 0.717) is 5.95 Å². The standard InChI is InChI=1S/C41H24N6/c1-2-12-25(13-3-1)38-29-17-6-8-18-31(29)43-41(44-38)47-33-20-10-7-16-28(33)30-22-37-36(23-35(30)47)45-24-26-14-4-5-15-27(26)39(45)40-42-32-19-9-11-21-34(32)46(37)40/h1-24H. The highest BCUT2D eigenvalue weighted by molar-refractivity contribution is 6.15. The van der Waals surface area contributed by atoms with Gasteiger partial charge in [-0.25, -0.2) is 15.0 Å². The number of imidazole rings is 1. The van der Waals surface area contributed by atoms with Gasteiger partial charge in [0.15, 0.2) is 5.65 Å². The third kappa shape index (κ3) is 3.31. The Balaban J connectivity index is 1.34. The van der Waals surface area contributed by atoms with Gasteiger partial charge in [-0.15, -0.1) is 0 Å². The fourth-order valence-corrected chi connectivity index (χ4v) is 7.57. The number of fused-ring (bicyclic) bond motifs is 14. The Hall–Kier alpha value is -6.53. The SMILES string of the molecule is c1ccc(-c2nc(-n3c4ccccc4c4cc5c(cc43)n3cc4ccccc4c3c3nc4ccccc4n53)nc3ccccc23)cc1. The molecule has 0 saturated heterocycles. The molecular weight excluding hydrogens is 576 g/mol. The van der Waals surface area contributed by atoms with E-state index in [1.807, 2.05) is 12.1 Å². The molecule has 11 rings (SSSR count). The average Bonchev–Trinajstić information content (AvgIpc) is 3.81. The third-order valence-corrected chi connectivity index (χ3v) is 9.61. The van der Waals surface area contributed by atoms with Crippen molar-refractivity contribution in [3.05, 3.63) is 146 Å². The van der Waals surface area contributed by atoms with Crippen LogP contribution in [0.5, 0.6) is 0 Å². The van der Waals surface area contributed by atoms with Gasteiger partial charge in [-0.3, -0.25) is 8.97 Å². The first-order chi connectivity index (χ1) is 23.3. The van der Waals surface area contributed by atoms with Crippen LogP contribution < -0.4 is 0 Å². The van der Waals surface area contributed by atoms with Gasteiger partial charge in [0.1, 0.15) is 0 Å². The molecule has 6 nitrogen and oxygen atoms in total. The Morgan fingerprint density at radius 1 is 0.447 bits per heavy atom. The molecule has 0 atom stereocenters. The molecule has 0 aliphatic carbocycles. The van der Waals surface area contributed by atoms with E-state index in [9.17, 15) is 0 Å². The van der Waals surface area contributed by atoms with Crippen LogP contribution in [0.15, 0.2) is 146 Å². The number of aromatic nitrogens is 6. The summed E-state index contributed by atoms with van der Waals surface area (Å²) >= 11 is 0. The molecule has 0 saturated carbocycles. The van der Waals surface area contributed by atoms with E-state index in [0.717, 1.165) is 77.2 Å². The van der Waals surface area contributed by atoms with E-state index in [4.69, 9.17) is 15.0 Å². The zero-order valence-electron chi connectivity index (χ0n) is 25.0. The zero-order valence-corrected chi connectivity index (χ0v) is 25.0. The van der Waals surface area contributed by atoms with Crippen LogP contribution in [0.2, 0.25) is 0 Å². The highest BCUT2D eigenvalue weighted by Crippen LogP contribution is 2.39. The molecule has 0 spiro atoms. The molecule has 6 aromatic carbocycles. The summed E-state index contributed by atoms with van der Waals surface area (Å²) < 4.78 is 6.88. The molecule has 11 aromatic rings. The molecule has 6 heteroatoms. The van der Waals surface area contributed by atoms with Crippen molar-refractivity contribution in [2.45, 2.75) is 0 Å². The predicted octanol–water partition coefficient (Wildman–Crippen LogP) is 9.75. The second-order valence-electron chi connectivity index (χ2n) is 12.2. The van der Waals surface area contributed by atoms with Gasteiger partial charge in [0.25, 0.3) is 0 Å². The molecule has 0 N–H and O–H groups in total. The topological polar surface area (TPSA) is 52.4 Å². The van der Waals surface area contributed by atoms with Crippen molar-refractivity contribution in [2.24, 2.45) is 0 Å². The average molecular weight is 601 g/mol. The molecule has 0 aliphatic rings. The van der Waals surface area contributed by atoms with Crippen LogP contribution in [0.3, 0.4) is 0 Å². The molecule has 5 heterocycles. The summed E-state index contributed by atoms with van der Waals surface area (Å²) in [6.45, 7) is 0. The van der Waals surface area contributed by atoms with Gasteiger partial charge in [0, 0.05) is 38.7 Å². The summed E-state index contributed by atoms with van der Waals surface area (Å²) in [6.07, 6.45) is 2.24. The smallest absolute Gasteiger partial charge is 0.235 e. The van der Waals surface area contributed by atoms with Gasteiger partial charge in [0.05, 0.1) is 49.8 Å². The van der Waals surface area contributed by atoms with E-state index < -0.39 is 0 Å². The van der Waals surface area contributed by atoms with E-state index in [-0.39, 0.29) is 0 Å². The van der Waals surface area contributed by atoms with Crippen LogP contribution in [0, 0.1) is 0 Å². The molecule has 47 heavy (non-hydrogen) atoms. The van der Waals surface area contributed by atoms with Gasteiger partial charge in [-0.2, -0.15) is 0 Å². The highest BCUT2D eigenvalue weighted by atomic mass is 15.2. The minimum atomic E-state index is 0.649. The molecule has 0 amide bonds. The lowest BCUT2D eigenvalue weighted by Gasteiger charge is -2.13. The minimum Gasteiger partial charge on any atom is -0.311 e. The number of hydrogen-bond donors (Lipinski definition) is 0. The Bertz CT molecular complexity index is 3070. The summed E-state index contributed by atoms with van der Waals surface area (Å²) in [4.78, 5) is 15.7. The van der Waals surface area contributed by atoms with E-state index >= 15 is 0 Å². The van der Waals surface area contributed by atoms with Crippen LogP contribution in [-0.4, -0.2) is 28.3 Å². The Kier molecular flexibility index (Phi) is 4.75. The van der Waals surface area contributed by atoms with Gasteiger partial charge in [-0.1, -0.05) is 103 Å². The molecule has 0 unspecified atom stereocenters. The summed E-state index contributed by atoms with van der Waals surface area (Å²) in [7, 11) is 0. The van der Waals surface area contributed by atoms with Crippen molar-refractivity contribution >= 4 is 76.7 Å². The van der Waals surface area contributed by atoms with Crippen molar-refractivity contribution in [3.63, 3.8) is 0 Å². The van der Waals surface area contributed by atoms with Crippen LogP contribution in [0.1, 0.15) is 0 Å². The van der Waals surface area contributed by atoms with Crippen molar-refractivity contribution in [2.75, 3.05) is 0 Å². The molecule has 0 radical (unpaired) electrons. The highest BCUT2D eigenvalue weighted by Gasteiger charge is 2.21.